The molecule has 0 saturated heterocycles. The summed E-state index contributed by atoms with van der Waals surface area (Å²) in [5.74, 6) is -1.84. The minimum Gasteiger partial charge on any atom is -0.454 e. The van der Waals surface area contributed by atoms with E-state index >= 15 is 0 Å². The van der Waals surface area contributed by atoms with Crippen molar-refractivity contribution in [3.63, 3.8) is 0 Å². The van der Waals surface area contributed by atoms with Gasteiger partial charge in [-0.3, -0.25) is 0 Å². The van der Waals surface area contributed by atoms with E-state index in [4.69, 9.17) is 23.7 Å². The molecule has 0 aliphatic heterocycles. The van der Waals surface area contributed by atoms with Crippen molar-refractivity contribution >= 4 is 29.8 Å². The summed E-state index contributed by atoms with van der Waals surface area (Å²) in [6.45, 7) is 22.3. The van der Waals surface area contributed by atoms with Gasteiger partial charge in [0.05, 0.1) is 0 Å². The molecule has 6 rings (SSSR count). The first-order valence-corrected chi connectivity index (χ1v) is 18.5. The van der Waals surface area contributed by atoms with Crippen LogP contribution in [-0.4, -0.2) is 29.8 Å². The molecule has 10 heteroatoms. The van der Waals surface area contributed by atoms with Crippen LogP contribution in [-0.2, 0) is 46.3 Å². The number of rotatable bonds is 12. The van der Waals surface area contributed by atoms with Crippen LogP contribution in [0.15, 0.2) is 141 Å². The molecule has 0 N–H and O–H groups in total. The number of carbonyl (C=O) groups excluding carboxylic acids is 5. The summed E-state index contributed by atoms with van der Waals surface area (Å²) >= 11 is 0. The molecule has 2 aliphatic carbocycles. The van der Waals surface area contributed by atoms with Crippen LogP contribution in [0.25, 0.3) is 22.3 Å². The molecule has 0 fully saturated rings. The van der Waals surface area contributed by atoms with Crippen LogP contribution in [0.5, 0.6) is 17.2 Å². The van der Waals surface area contributed by atoms with Gasteiger partial charge in [-0.25, -0.2) is 24.0 Å². The number of ether oxygens (including phenoxy) is 5. The standard InChI is InChI=1S/C26H24O6.C22H20O4/c1-6-24(27)30-21-11-9-19-13-17(7-10-20(19)21)18-8-12-22(31-25(28)15(2)3)23(14-18)32-26(29)16(4)5;1-4-21(23)26-20-12-8-17-13-16(7-11-19(17)20)15-5-9-18(10-6-15)25-22(24)14(2)3/h6-8,10,12-14,21H,1-2,4,9,11H2,3,5H3;4-7,9-11,13,20H,1-2,8,12H2,3H3. The SMILES string of the molecule is C=CC(=O)OC1CCc2cc(-c3ccc(OC(=O)C(=C)C)c(OC(=O)C(=C)C)c3)ccc21.C=CC(=O)OC1CCc2cc(-c3ccc(OC(=O)C(=C)C)cc3)ccc21. The number of fused-ring (bicyclic) bond motifs is 2. The molecule has 0 radical (unpaired) electrons. The van der Waals surface area contributed by atoms with E-state index in [0.717, 1.165) is 64.3 Å². The highest BCUT2D eigenvalue weighted by Gasteiger charge is 2.27. The predicted octanol–water partition coefficient (Wildman–Crippen LogP) is 9.58. The summed E-state index contributed by atoms with van der Waals surface area (Å²) in [5, 5.41) is 0. The fourth-order valence-electron chi connectivity index (χ4n) is 6.27. The Morgan fingerprint density at radius 2 is 0.914 bits per heavy atom. The molecule has 0 heterocycles. The average molecular weight is 781 g/mol. The van der Waals surface area contributed by atoms with E-state index in [9.17, 15) is 24.0 Å². The van der Waals surface area contributed by atoms with Crippen LogP contribution in [0.4, 0.5) is 0 Å². The quantitative estimate of drug-likeness (QED) is 0.0778. The Balaban J connectivity index is 0.000000226. The van der Waals surface area contributed by atoms with Crippen molar-refractivity contribution in [1.82, 2.24) is 0 Å². The van der Waals surface area contributed by atoms with Gasteiger partial charge in [0, 0.05) is 28.9 Å². The Hall–Kier alpha value is -7.07. The third kappa shape index (κ3) is 10.4. The lowest BCUT2D eigenvalue weighted by atomic mass is 10.00. The van der Waals surface area contributed by atoms with Crippen molar-refractivity contribution in [3.05, 3.63) is 163 Å². The molecule has 0 saturated carbocycles. The van der Waals surface area contributed by atoms with E-state index < -0.39 is 29.8 Å². The van der Waals surface area contributed by atoms with Gasteiger partial charge in [0.25, 0.3) is 0 Å². The van der Waals surface area contributed by atoms with E-state index in [1.54, 1.807) is 37.3 Å². The Bertz CT molecular complexity index is 2350. The van der Waals surface area contributed by atoms with Crippen LogP contribution < -0.4 is 14.2 Å². The van der Waals surface area contributed by atoms with Gasteiger partial charge in [-0.05, 0) is 115 Å². The molecule has 0 bridgehead atoms. The number of carbonyl (C=O) groups is 5. The third-order valence-electron chi connectivity index (χ3n) is 9.31. The number of aryl methyl sites for hydroxylation is 2. The molecule has 10 nitrogen and oxygen atoms in total. The minimum absolute atomic E-state index is 0.100. The van der Waals surface area contributed by atoms with Gasteiger partial charge in [-0.2, -0.15) is 0 Å². The number of benzene rings is 4. The largest absolute Gasteiger partial charge is 0.454 e. The maximum atomic E-state index is 12.1. The highest BCUT2D eigenvalue weighted by molar-refractivity contribution is 5.92. The second-order valence-corrected chi connectivity index (χ2v) is 13.9. The first-order valence-electron chi connectivity index (χ1n) is 18.5. The van der Waals surface area contributed by atoms with Crippen LogP contribution in [0, 0.1) is 0 Å². The third-order valence-corrected chi connectivity index (χ3v) is 9.31. The molecule has 296 valence electrons. The molecule has 2 unspecified atom stereocenters. The van der Waals surface area contributed by atoms with Crippen LogP contribution in [0.2, 0.25) is 0 Å². The topological polar surface area (TPSA) is 132 Å². The minimum atomic E-state index is -0.629. The highest BCUT2D eigenvalue weighted by atomic mass is 16.6. The van der Waals surface area contributed by atoms with Gasteiger partial charge in [0.15, 0.2) is 11.5 Å². The molecule has 4 aromatic carbocycles. The molecule has 2 aliphatic rings. The van der Waals surface area contributed by atoms with Crippen LogP contribution >= 0.6 is 0 Å². The average Bonchev–Trinajstić information content (AvgIpc) is 3.81. The van der Waals surface area contributed by atoms with Crippen LogP contribution in [0.3, 0.4) is 0 Å². The first kappa shape index (κ1) is 42.1. The predicted molar refractivity (Wildman–Crippen MR) is 220 cm³/mol. The second-order valence-electron chi connectivity index (χ2n) is 13.9. The normalized spacial score (nSPS) is 14.5. The smallest absolute Gasteiger partial charge is 0.338 e. The maximum Gasteiger partial charge on any atom is 0.338 e. The summed E-state index contributed by atoms with van der Waals surface area (Å²) in [5.41, 5.74) is 8.79. The van der Waals surface area contributed by atoms with Crippen molar-refractivity contribution in [2.45, 2.75) is 58.7 Å². The zero-order chi connectivity index (χ0) is 42.1. The lowest BCUT2D eigenvalue weighted by Gasteiger charge is -2.14. The molecular weight excluding hydrogens is 737 g/mol. The summed E-state index contributed by atoms with van der Waals surface area (Å²) in [6.07, 6.45) is 4.98. The number of esters is 5. The van der Waals surface area contributed by atoms with Gasteiger partial charge in [0.1, 0.15) is 18.0 Å². The Labute approximate surface area is 337 Å². The van der Waals surface area contributed by atoms with E-state index in [1.807, 2.05) is 42.5 Å². The van der Waals surface area contributed by atoms with Crippen molar-refractivity contribution < 1.29 is 47.7 Å². The monoisotopic (exact) mass is 780 g/mol. The van der Waals surface area contributed by atoms with E-state index in [0.29, 0.717) is 17.7 Å². The van der Waals surface area contributed by atoms with Gasteiger partial charge in [-0.1, -0.05) is 87.5 Å². The lowest BCUT2D eigenvalue weighted by molar-refractivity contribution is -0.144. The summed E-state index contributed by atoms with van der Waals surface area (Å²) < 4.78 is 26.7. The number of hydrogen-bond donors (Lipinski definition) is 0. The highest BCUT2D eigenvalue weighted by Crippen LogP contribution is 2.40. The van der Waals surface area contributed by atoms with E-state index in [2.05, 4.69) is 39.0 Å². The molecular formula is C48H44O10. The Kier molecular flexibility index (Phi) is 13.6. The van der Waals surface area contributed by atoms with Crippen molar-refractivity contribution in [3.8, 4) is 39.5 Å². The van der Waals surface area contributed by atoms with Crippen molar-refractivity contribution in [1.29, 1.82) is 0 Å². The molecule has 58 heavy (non-hydrogen) atoms. The number of hydrogen-bond acceptors (Lipinski definition) is 10. The Morgan fingerprint density at radius 1 is 0.517 bits per heavy atom. The van der Waals surface area contributed by atoms with E-state index in [-0.39, 0.29) is 34.9 Å². The zero-order valence-corrected chi connectivity index (χ0v) is 32.8. The summed E-state index contributed by atoms with van der Waals surface area (Å²) in [6, 6.07) is 24.3. The van der Waals surface area contributed by atoms with Crippen molar-refractivity contribution in [2.24, 2.45) is 0 Å². The lowest BCUT2D eigenvalue weighted by Crippen LogP contribution is -2.12. The first-order chi connectivity index (χ1) is 27.7. The summed E-state index contributed by atoms with van der Waals surface area (Å²) in [4.78, 5) is 58.6. The molecule has 0 spiro atoms. The zero-order valence-electron chi connectivity index (χ0n) is 32.8. The van der Waals surface area contributed by atoms with E-state index in [1.165, 1.54) is 25.5 Å². The van der Waals surface area contributed by atoms with Crippen molar-refractivity contribution in [2.75, 3.05) is 0 Å². The van der Waals surface area contributed by atoms with Gasteiger partial charge in [-0.15, -0.1) is 0 Å². The molecule has 4 aromatic rings. The Morgan fingerprint density at radius 3 is 1.38 bits per heavy atom. The van der Waals surface area contributed by atoms with Gasteiger partial charge < -0.3 is 23.7 Å². The fourth-order valence-corrected chi connectivity index (χ4v) is 6.27. The molecule has 0 amide bonds. The van der Waals surface area contributed by atoms with Crippen LogP contribution in [0.1, 0.15) is 68.1 Å². The molecule has 0 aromatic heterocycles. The summed E-state index contributed by atoms with van der Waals surface area (Å²) in [7, 11) is 0. The fraction of sp³-hybridized carbons (Fsp3) is 0.188. The molecule has 2 atom stereocenters. The van der Waals surface area contributed by atoms with Gasteiger partial charge >= 0.3 is 29.8 Å². The second kappa shape index (κ2) is 18.7. The van der Waals surface area contributed by atoms with Gasteiger partial charge in [0.2, 0.25) is 0 Å². The maximum absolute atomic E-state index is 12.1.